The number of nitrogens with one attached hydrogen (secondary N) is 2. The molecule has 1 aliphatic rings. The number of carbonyl (C=O) groups is 1. The number of aryl methyl sites for hydroxylation is 1. The second-order valence-electron chi connectivity index (χ2n) is 8.05. The van der Waals surface area contributed by atoms with Gasteiger partial charge in [0.25, 0.3) is 5.91 Å². The first-order valence-corrected chi connectivity index (χ1v) is 11.4. The van der Waals surface area contributed by atoms with Crippen LogP contribution in [0.5, 0.6) is 0 Å². The fourth-order valence-electron chi connectivity index (χ4n) is 4.59. The normalized spacial score (nSPS) is 15.8. The zero-order valence-corrected chi connectivity index (χ0v) is 18.3. The summed E-state index contributed by atoms with van der Waals surface area (Å²) in [6.45, 7) is 2.68. The van der Waals surface area contributed by atoms with E-state index in [9.17, 15) is 4.79 Å². The molecule has 5 heterocycles. The number of fused-ring (bicyclic) bond motifs is 3. The summed E-state index contributed by atoms with van der Waals surface area (Å²) in [6.07, 6.45) is 2.57. The number of H-pyrrole nitrogens is 2. The summed E-state index contributed by atoms with van der Waals surface area (Å²) in [4.78, 5) is 26.0. The minimum absolute atomic E-state index is 0.0965. The van der Waals surface area contributed by atoms with Crippen molar-refractivity contribution in [1.82, 2.24) is 25.1 Å². The molecule has 0 aliphatic carbocycles. The Balaban J connectivity index is 1.43. The molecule has 32 heavy (non-hydrogen) atoms. The van der Waals surface area contributed by atoms with Crippen molar-refractivity contribution in [3.63, 3.8) is 0 Å². The summed E-state index contributed by atoms with van der Waals surface area (Å²) in [5.74, 6) is -0.0965. The maximum Gasteiger partial charge on any atom is 0.275 e. The second kappa shape index (κ2) is 7.46. The van der Waals surface area contributed by atoms with Crippen molar-refractivity contribution in [2.45, 2.75) is 19.4 Å². The molecule has 0 saturated carbocycles. The number of pyridine rings is 1. The Morgan fingerprint density at radius 2 is 2.00 bits per heavy atom. The minimum atomic E-state index is -0.288. The van der Waals surface area contributed by atoms with Crippen LogP contribution < -0.4 is 0 Å². The van der Waals surface area contributed by atoms with E-state index in [1.165, 1.54) is 15.8 Å². The van der Waals surface area contributed by atoms with Crippen LogP contribution in [0.3, 0.4) is 0 Å². The van der Waals surface area contributed by atoms with Crippen LogP contribution in [0.4, 0.5) is 0 Å². The number of rotatable bonds is 3. The molecule has 158 valence electrons. The number of para-hydroxylation sites is 1. The van der Waals surface area contributed by atoms with Gasteiger partial charge in [-0.15, -0.1) is 11.3 Å². The van der Waals surface area contributed by atoms with E-state index in [1.807, 2.05) is 35.2 Å². The Morgan fingerprint density at radius 1 is 1.12 bits per heavy atom. The molecule has 0 spiro atoms. The van der Waals surface area contributed by atoms with E-state index >= 15 is 0 Å². The van der Waals surface area contributed by atoms with Gasteiger partial charge < -0.3 is 9.88 Å². The molecule has 0 bridgehead atoms. The number of amides is 1. The lowest BCUT2D eigenvalue weighted by atomic mass is 9.94. The van der Waals surface area contributed by atoms with Crippen LogP contribution in [-0.2, 0) is 6.42 Å². The van der Waals surface area contributed by atoms with E-state index in [0.29, 0.717) is 12.2 Å². The standard InChI is InChI=1S/C25H21N5OS/c1-15-9-10-22(32-15)20-14-21(29-28-20)25(31)30-13-11-17-16-6-2-3-7-18(16)27-23(17)24(30)19-8-4-5-12-26-19/h2-10,12,14,24,27H,11,13H2,1H3,(H,28,29). The van der Waals surface area contributed by atoms with Gasteiger partial charge in [0.05, 0.1) is 16.3 Å². The molecule has 1 aliphatic heterocycles. The third kappa shape index (κ3) is 3.05. The molecule has 0 radical (unpaired) electrons. The molecule has 6 rings (SSSR count). The van der Waals surface area contributed by atoms with E-state index in [-0.39, 0.29) is 11.9 Å². The maximum atomic E-state index is 13.7. The molecule has 1 atom stereocenters. The molecular formula is C25H21N5OS. The first kappa shape index (κ1) is 19.0. The third-order valence-electron chi connectivity index (χ3n) is 6.07. The van der Waals surface area contributed by atoms with Gasteiger partial charge in [0.1, 0.15) is 6.04 Å². The average molecular weight is 440 g/mol. The zero-order valence-electron chi connectivity index (χ0n) is 17.5. The van der Waals surface area contributed by atoms with Crippen LogP contribution in [-0.4, -0.2) is 37.5 Å². The highest BCUT2D eigenvalue weighted by Crippen LogP contribution is 2.38. The summed E-state index contributed by atoms with van der Waals surface area (Å²) in [7, 11) is 0. The van der Waals surface area contributed by atoms with Crippen molar-refractivity contribution in [2.24, 2.45) is 0 Å². The molecule has 0 saturated heterocycles. The number of nitrogens with zero attached hydrogens (tertiary/aromatic N) is 3. The van der Waals surface area contributed by atoms with Crippen molar-refractivity contribution in [3.8, 4) is 10.6 Å². The predicted molar refractivity (Wildman–Crippen MR) is 126 cm³/mol. The topological polar surface area (TPSA) is 77.7 Å². The molecule has 1 unspecified atom stereocenters. The number of hydrogen-bond acceptors (Lipinski definition) is 4. The monoisotopic (exact) mass is 439 g/mol. The number of benzene rings is 1. The number of aromatic amines is 2. The lowest BCUT2D eigenvalue weighted by molar-refractivity contribution is 0.0682. The largest absolute Gasteiger partial charge is 0.356 e. The number of hydrogen-bond donors (Lipinski definition) is 2. The van der Waals surface area contributed by atoms with Crippen molar-refractivity contribution < 1.29 is 4.79 Å². The lowest BCUT2D eigenvalue weighted by Crippen LogP contribution is -2.41. The molecule has 7 heteroatoms. The van der Waals surface area contributed by atoms with Crippen LogP contribution in [0.25, 0.3) is 21.5 Å². The van der Waals surface area contributed by atoms with Crippen LogP contribution in [0, 0.1) is 6.92 Å². The van der Waals surface area contributed by atoms with E-state index in [2.05, 4.69) is 57.4 Å². The lowest BCUT2D eigenvalue weighted by Gasteiger charge is -2.35. The van der Waals surface area contributed by atoms with Crippen molar-refractivity contribution in [2.75, 3.05) is 6.54 Å². The minimum Gasteiger partial charge on any atom is -0.356 e. The van der Waals surface area contributed by atoms with E-state index in [0.717, 1.165) is 33.9 Å². The van der Waals surface area contributed by atoms with Crippen LogP contribution >= 0.6 is 11.3 Å². The van der Waals surface area contributed by atoms with Crippen molar-refractivity contribution in [3.05, 3.63) is 94.4 Å². The highest BCUT2D eigenvalue weighted by atomic mass is 32.1. The maximum absolute atomic E-state index is 13.7. The van der Waals surface area contributed by atoms with Gasteiger partial charge in [-0.3, -0.25) is 14.9 Å². The van der Waals surface area contributed by atoms with Crippen LogP contribution in [0.15, 0.2) is 66.9 Å². The highest BCUT2D eigenvalue weighted by molar-refractivity contribution is 7.15. The molecule has 4 aromatic heterocycles. The zero-order chi connectivity index (χ0) is 21.7. The Labute approximate surface area is 188 Å². The van der Waals surface area contributed by atoms with Crippen LogP contribution in [0.2, 0.25) is 0 Å². The van der Waals surface area contributed by atoms with E-state index in [1.54, 1.807) is 17.5 Å². The van der Waals surface area contributed by atoms with Gasteiger partial charge in [0, 0.05) is 34.2 Å². The first-order valence-electron chi connectivity index (χ1n) is 10.6. The van der Waals surface area contributed by atoms with Gasteiger partial charge in [-0.25, -0.2) is 0 Å². The number of thiophene rings is 1. The number of carbonyl (C=O) groups excluding carboxylic acids is 1. The smallest absolute Gasteiger partial charge is 0.275 e. The fourth-order valence-corrected chi connectivity index (χ4v) is 5.42. The molecule has 2 N–H and O–H groups in total. The Kier molecular flexibility index (Phi) is 4.43. The average Bonchev–Trinajstić information content (AvgIpc) is 3.56. The summed E-state index contributed by atoms with van der Waals surface area (Å²) < 4.78 is 0. The Morgan fingerprint density at radius 3 is 2.81 bits per heavy atom. The SMILES string of the molecule is Cc1ccc(-c2cc(C(=O)N3CCc4c([nH]c5ccccc45)C3c3ccccn3)n[nH]2)s1. The van der Waals surface area contributed by atoms with Crippen molar-refractivity contribution >= 4 is 28.1 Å². The van der Waals surface area contributed by atoms with E-state index in [4.69, 9.17) is 0 Å². The first-order chi connectivity index (χ1) is 15.7. The van der Waals surface area contributed by atoms with Crippen molar-refractivity contribution in [1.29, 1.82) is 0 Å². The Bertz CT molecular complexity index is 1430. The summed E-state index contributed by atoms with van der Waals surface area (Å²) in [5.41, 5.74) is 5.52. The van der Waals surface area contributed by atoms with Crippen LogP contribution in [0.1, 0.15) is 38.4 Å². The number of aromatic nitrogens is 4. The third-order valence-corrected chi connectivity index (χ3v) is 7.10. The second-order valence-corrected chi connectivity index (χ2v) is 9.33. The molecule has 6 nitrogen and oxygen atoms in total. The molecular weight excluding hydrogens is 418 g/mol. The van der Waals surface area contributed by atoms with Gasteiger partial charge in [-0.05, 0) is 55.3 Å². The molecule has 1 aromatic carbocycles. The summed E-state index contributed by atoms with van der Waals surface area (Å²) in [6, 6.07) is 19.8. The van der Waals surface area contributed by atoms with Gasteiger partial charge in [0.15, 0.2) is 5.69 Å². The fraction of sp³-hybridized carbons (Fsp3) is 0.160. The summed E-state index contributed by atoms with van der Waals surface area (Å²) in [5, 5.41) is 8.62. The van der Waals surface area contributed by atoms with Gasteiger partial charge in [0.2, 0.25) is 0 Å². The van der Waals surface area contributed by atoms with E-state index < -0.39 is 0 Å². The highest BCUT2D eigenvalue weighted by Gasteiger charge is 2.36. The molecule has 1 amide bonds. The molecule has 5 aromatic rings. The molecule has 0 fully saturated rings. The summed E-state index contributed by atoms with van der Waals surface area (Å²) >= 11 is 1.68. The quantitative estimate of drug-likeness (QED) is 0.410. The van der Waals surface area contributed by atoms with Gasteiger partial charge in [-0.1, -0.05) is 24.3 Å². The predicted octanol–water partition coefficient (Wildman–Crippen LogP) is 5.11. The Hall–Kier alpha value is -3.71. The van der Waals surface area contributed by atoms with Gasteiger partial charge >= 0.3 is 0 Å². The van der Waals surface area contributed by atoms with Gasteiger partial charge in [-0.2, -0.15) is 5.10 Å².